The maximum Gasteiger partial charge on any atom is 0.515 e. The Labute approximate surface area is 182 Å². The number of hydrogen-bond donors (Lipinski definition) is 1. The van der Waals surface area contributed by atoms with E-state index in [9.17, 15) is 4.79 Å². The standard InChI is InChI=1S/C25H28N2O4/c1-5-19-18-10-15(2)13-25(19,26)20-8-9-23(27-21(20)12-18)31-24(28)30-14-17-7-6-16(3)22(11-17)29-4/h5-11,18H,12-14,26H2,1-4H3/b19-5+/t18-,25?/m1/s1. The van der Waals surface area contributed by atoms with E-state index in [-0.39, 0.29) is 18.4 Å². The van der Waals surface area contributed by atoms with Crippen LogP contribution in [0.2, 0.25) is 0 Å². The van der Waals surface area contributed by atoms with Gasteiger partial charge in [-0.1, -0.05) is 29.9 Å². The number of allylic oxidation sites excluding steroid dienone is 2. The predicted molar refractivity (Wildman–Crippen MR) is 118 cm³/mol. The maximum atomic E-state index is 12.2. The maximum absolute atomic E-state index is 12.2. The molecule has 0 spiro atoms. The van der Waals surface area contributed by atoms with Crippen molar-refractivity contribution in [2.45, 2.75) is 45.8 Å². The van der Waals surface area contributed by atoms with Crippen LogP contribution >= 0.6 is 0 Å². The Morgan fingerprint density at radius 1 is 1.29 bits per heavy atom. The van der Waals surface area contributed by atoms with E-state index in [0.717, 1.165) is 41.0 Å². The molecule has 1 aromatic heterocycles. The number of carbonyl (C=O) groups excluding carboxylic acids is 1. The van der Waals surface area contributed by atoms with Crippen LogP contribution in [0.3, 0.4) is 0 Å². The van der Waals surface area contributed by atoms with Crippen molar-refractivity contribution in [1.29, 1.82) is 0 Å². The molecule has 2 atom stereocenters. The second-order valence-electron chi connectivity index (χ2n) is 8.30. The first-order valence-corrected chi connectivity index (χ1v) is 10.5. The predicted octanol–water partition coefficient (Wildman–Crippen LogP) is 4.74. The smallest absolute Gasteiger partial charge is 0.496 e. The van der Waals surface area contributed by atoms with Gasteiger partial charge in [0.25, 0.3) is 0 Å². The number of hydrogen-bond acceptors (Lipinski definition) is 6. The van der Waals surface area contributed by atoms with Crippen molar-refractivity contribution in [2.24, 2.45) is 11.7 Å². The molecule has 0 aliphatic heterocycles. The van der Waals surface area contributed by atoms with E-state index >= 15 is 0 Å². The highest BCUT2D eigenvalue weighted by Gasteiger charge is 2.44. The van der Waals surface area contributed by atoms with Gasteiger partial charge < -0.3 is 19.9 Å². The summed E-state index contributed by atoms with van der Waals surface area (Å²) in [6, 6.07) is 9.26. The van der Waals surface area contributed by atoms with Crippen LogP contribution in [0.25, 0.3) is 0 Å². The topological polar surface area (TPSA) is 83.7 Å². The van der Waals surface area contributed by atoms with Gasteiger partial charge in [-0.3, -0.25) is 0 Å². The van der Waals surface area contributed by atoms with Crippen LogP contribution in [0.15, 0.2) is 53.6 Å². The fraction of sp³-hybridized carbons (Fsp3) is 0.360. The SMILES string of the molecule is C/C=C1\[C@@H]2C=C(C)CC1(N)c1ccc(OC(=O)OCc3ccc(C)c(OC)c3)nc1C2. The van der Waals surface area contributed by atoms with Crippen LogP contribution < -0.4 is 15.2 Å². The molecule has 4 rings (SSSR count). The Morgan fingerprint density at radius 3 is 2.84 bits per heavy atom. The normalized spacial score (nSPS) is 23.1. The molecule has 1 aromatic carbocycles. The lowest BCUT2D eigenvalue weighted by Crippen LogP contribution is -2.47. The van der Waals surface area contributed by atoms with Gasteiger partial charge in [0.2, 0.25) is 5.88 Å². The lowest BCUT2D eigenvalue weighted by Gasteiger charge is -2.45. The van der Waals surface area contributed by atoms with Gasteiger partial charge in [0.1, 0.15) is 12.4 Å². The Bertz CT molecular complexity index is 1090. The molecule has 2 bridgehead atoms. The van der Waals surface area contributed by atoms with E-state index in [2.05, 4.69) is 24.1 Å². The van der Waals surface area contributed by atoms with E-state index in [0.29, 0.717) is 0 Å². The highest BCUT2D eigenvalue weighted by atomic mass is 16.7. The van der Waals surface area contributed by atoms with Gasteiger partial charge in [0.15, 0.2) is 0 Å². The minimum Gasteiger partial charge on any atom is -0.496 e. The van der Waals surface area contributed by atoms with E-state index < -0.39 is 11.7 Å². The molecule has 1 heterocycles. The summed E-state index contributed by atoms with van der Waals surface area (Å²) < 4.78 is 15.9. The zero-order valence-corrected chi connectivity index (χ0v) is 18.4. The van der Waals surface area contributed by atoms with Crippen LogP contribution in [0.4, 0.5) is 4.79 Å². The summed E-state index contributed by atoms with van der Waals surface area (Å²) in [5, 5.41) is 0. The van der Waals surface area contributed by atoms with E-state index in [1.165, 1.54) is 11.1 Å². The third kappa shape index (κ3) is 3.95. The van der Waals surface area contributed by atoms with Crippen molar-refractivity contribution >= 4 is 6.16 Å². The first-order valence-electron chi connectivity index (χ1n) is 10.5. The van der Waals surface area contributed by atoms with E-state index in [1.54, 1.807) is 13.2 Å². The molecule has 0 fully saturated rings. The summed E-state index contributed by atoms with van der Waals surface area (Å²) in [6.45, 7) is 6.20. The number of nitrogens with zero attached hydrogens (tertiary/aromatic N) is 1. The second kappa shape index (κ2) is 8.19. The third-order valence-electron chi connectivity index (χ3n) is 6.13. The number of ether oxygens (including phenoxy) is 3. The lowest BCUT2D eigenvalue weighted by atomic mass is 9.63. The Morgan fingerprint density at radius 2 is 2.10 bits per heavy atom. The van der Waals surface area contributed by atoms with Crippen LogP contribution in [0.1, 0.15) is 42.7 Å². The highest BCUT2D eigenvalue weighted by molar-refractivity contribution is 5.63. The van der Waals surface area contributed by atoms with Crippen molar-refractivity contribution in [1.82, 2.24) is 4.98 Å². The van der Waals surface area contributed by atoms with Gasteiger partial charge in [0.05, 0.1) is 18.3 Å². The van der Waals surface area contributed by atoms with Crippen molar-refractivity contribution in [2.75, 3.05) is 7.11 Å². The quantitative estimate of drug-likeness (QED) is 0.568. The average Bonchev–Trinajstić information content (AvgIpc) is 2.72. The summed E-state index contributed by atoms with van der Waals surface area (Å²) in [6.07, 6.45) is 5.09. The largest absolute Gasteiger partial charge is 0.515 e. The summed E-state index contributed by atoms with van der Waals surface area (Å²) in [7, 11) is 1.61. The summed E-state index contributed by atoms with van der Waals surface area (Å²) >= 11 is 0. The van der Waals surface area contributed by atoms with Crippen LogP contribution in [0.5, 0.6) is 11.6 Å². The Balaban J connectivity index is 1.47. The molecule has 2 aliphatic rings. The number of pyridine rings is 1. The van der Waals surface area contributed by atoms with E-state index in [4.69, 9.17) is 19.9 Å². The summed E-state index contributed by atoms with van der Waals surface area (Å²) in [5.41, 5.74) is 12.5. The molecule has 0 radical (unpaired) electrons. The molecule has 0 saturated heterocycles. The number of fused-ring (bicyclic) bond motifs is 4. The van der Waals surface area contributed by atoms with Gasteiger partial charge in [-0.2, -0.15) is 0 Å². The van der Waals surface area contributed by atoms with Gasteiger partial charge in [-0.15, -0.1) is 0 Å². The number of carbonyl (C=O) groups is 1. The van der Waals surface area contributed by atoms with Gasteiger partial charge in [-0.25, -0.2) is 9.78 Å². The molecule has 2 aromatic rings. The number of aryl methyl sites for hydroxylation is 1. The zero-order chi connectivity index (χ0) is 22.2. The van der Waals surface area contributed by atoms with Crippen LogP contribution in [-0.4, -0.2) is 18.2 Å². The number of methoxy groups -OCH3 is 1. The zero-order valence-electron chi connectivity index (χ0n) is 18.4. The fourth-order valence-corrected chi connectivity index (χ4v) is 4.78. The first-order chi connectivity index (χ1) is 14.8. The van der Waals surface area contributed by atoms with Gasteiger partial charge >= 0.3 is 6.16 Å². The number of aromatic nitrogens is 1. The van der Waals surface area contributed by atoms with Crippen molar-refractivity contribution in [3.8, 4) is 11.6 Å². The fourth-order valence-electron chi connectivity index (χ4n) is 4.78. The molecular formula is C25H28N2O4. The third-order valence-corrected chi connectivity index (χ3v) is 6.13. The molecule has 162 valence electrons. The number of benzene rings is 1. The van der Waals surface area contributed by atoms with Crippen molar-refractivity contribution < 1.29 is 19.0 Å². The first kappa shape index (κ1) is 21.1. The number of nitrogens with two attached hydrogens (primary N) is 1. The lowest BCUT2D eigenvalue weighted by molar-refractivity contribution is 0.0910. The Kier molecular flexibility index (Phi) is 5.58. The minimum absolute atomic E-state index is 0.0864. The molecule has 31 heavy (non-hydrogen) atoms. The number of rotatable bonds is 4. The molecular weight excluding hydrogens is 392 g/mol. The van der Waals surface area contributed by atoms with Crippen molar-refractivity contribution in [3.05, 3.63) is 76.0 Å². The van der Waals surface area contributed by atoms with Crippen LogP contribution in [0, 0.1) is 12.8 Å². The molecule has 2 N–H and O–H groups in total. The van der Waals surface area contributed by atoms with E-state index in [1.807, 2.05) is 38.1 Å². The summed E-state index contributed by atoms with van der Waals surface area (Å²) in [4.78, 5) is 16.8. The Hall–Kier alpha value is -3.12. The second-order valence-corrected chi connectivity index (χ2v) is 8.30. The molecule has 6 heteroatoms. The highest BCUT2D eigenvalue weighted by Crippen LogP contribution is 2.48. The monoisotopic (exact) mass is 420 g/mol. The molecule has 0 saturated carbocycles. The average molecular weight is 421 g/mol. The van der Waals surface area contributed by atoms with Crippen molar-refractivity contribution in [3.63, 3.8) is 0 Å². The molecule has 0 amide bonds. The molecule has 6 nitrogen and oxygen atoms in total. The van der Waals surface area contributed by atoms with Crippen LogP contribution in [-0.2, 0) is 23.3 Å². The molecule has 2 aliphatic carbocycles. The van der Waals surface area contributed by atoms with Gasteiger partial charge in [0, 0.05) is 18.4 Å². The van der Waals surface area contributed by atoms with Gasteiger partial charge in [-0.05, 0) is 61.6 Å². The summed E-state index contributed by atoms with van der Waals surface area (Å²) in [5.74, 6) is 1.19. The molecule has 1 unspecified atom stereocenters. The minimum atomic E-state index is -0.796.